The highest BCUT2D eigenvalue weighted by Gasteiger charge is 2.44. The number of ether oxygens (including phenoxy) is 2. The third kappa shape index (κ3) is 4.28. The molecule has 0 amide bonds. The molecule has 134 valence electrons. The van der Waals surface area contributed by atoms with Crippen LogP contribution in [0.1, 0.15) is 60.3 Å². The second-order valence-electron chi connectivity index (χ2n) is 9.11. The molecule has 0 N–H and O–H groups in total. The van der Waals surface area contributed by atoms with Crippen LogP contribution in [0.3, 0.4) is 0 Å². The number of piperidine rings is 1. The third-order valence-electron chi connectivity index (χ3n) is 5.82. The van der Waals surface area contributed by atoms with Crippen LogP contribution in [0, 0.1) is 0 Å². The van der Waals surface area contributed by atoms with E-state index in [2.05, 4.69) is 44.4 Å². The summed E-state index contributed by atoms with van der Waals surface area (Å²) in [4.78, 5) is 5.28. The summed E-state index contributed by atoms with van der Waals surface area (Å²) in [6.45, 7) is 16.6. The first-order valence-corrected chi connectivity index (χ1v) is 9.56. The lowest BCUT2D eigenvalue weighted by Crippen LogP contribution is -2.62. The van der Waals surface area contributed by atoms with Crippen LogP contribution in [-0.4, -0.2) is 72.0 Å². The van der Waals surface area contributed by atoms with E-state index in [1.54, 1.807) is 0 Å². The highest BCUT2D eigenvalue weighted by molar-refractivity contribution is 4.98. The van der Waals surface area contributed by atoms with Crippen molar-refractivity contribution in [2.24, 2.45) is 0 Å². The van der Waals surface area contributed by atoms with Gasteiger partial charge < -0.3 is 14.4 Å². The van der Waals surface area contributed by atoms with Gasteiger partial charge in [0.25, 0.3) is 0 Å². The molecule has 3 aliphatic rings. The number of nitrogens with zero attached hydrogens (tertiary/aromatic N) is 2. The lowest BCUT2D eigenvalue weighted by molar-refractivity contribution is -0.172. The van der Waals surface area contributed by atoms with Gasteiger partial charge in [-0.15, -0.1) is 0 Å². The van der Waals surface area contributed by atoms with Crippen LogP contribution in [0.2, 0.25) is 0 Å². The maximum absolute atomic E-state index is 6.29. The molecule has 23 heavy (non-hydrogen) atoms. The molecule has 4 nitrogen and oxygen atoms in total. The van der Waals surface area contributed by atoms with E-state index in [9.17, 15) is 0 Å². The minimum atomic E-state index is -0.00839. The van der Waals surface area contributed by atoms with Gasteiger partial charge in [0.1, 0.15) is 0 Å². The van der Waals surface area contributed by atoms with E-state index in [0.717, 1.165) is 19.7 Å². The SMILES string of the molecule is CC(C)N1CCC2(CC1)CN([C@H]1C[C@H](OC(C)(C)C)C1)CCO2. The van der Waals surface area contributed by atoms with Crippen LogP contribution in [0.4, 0.5) is 0 Å². The summed E-state index contributed by atoms with van der Waals surface area (Å²) >= 11 is 0. The van der Waals surface area contributed by atoms with E-state index in [1.807, 2.05) is 0 Å². The number of morpholine rings is 1. The molecule has 1 spiro atoms. The van der Waals surface area contributed by atoms with Crippen molar-refractivity contribution in [3.63, 3.8) is 0 Å². The van der Waals surface area contributed by atoms with Gasteiger partial charge in [0, 0.05) is 38.3 Å². The molecule has 0 radical (unpaired) electrons. The normalized spacial score (nSPS) is 33.1. The van der Waals surface area contributed by atoms with E-state index < -0.39 is 0 Å². The second-order valence-corrected chi connectivity index (χ2v) is 9.11. The molecule has 3 fully saturated rings. The Balaban J connectivity index is 1.48. The van der Waals surface area contributed by atoms with Crippen LogP contribution in [0.15, 0.2) is 0 Å². The average molecular weight is 325 g/mol. The van der Waals surface area contributed by atoms with Gasteiger partial charge in [0.2, 0.25) is 0 Å². The van der Waals surface area contributed by atoms with Gasteiger partial charge in [0.15, 0.2) is 0 Å². The topological polar surface area (TPSA) is 24.9 Å². The summed E-state index contributed by atoms with van der Waals surface area (Å²) in [5.41, 5.74) is 0.116. The van der Waals surface area contributed by atoms with Crippen molar-refractivity contribution in [3.8, 4) is 0 Å². The Kier molecular flexibility index (Phi) is 5.09. The van der Waals surface area contributed by atoms with E-state index in [4.69, 9.17) is 9.47 Å². The number of hydrogen-bond acceptors (Lipinski definition) is 4. The molecule has 3 rings (SSSR count). The molecule has 0 aromatic rings. The Morgan fingerprint density at radius 2 is 1.74 bits per heavy atom. The quantitative estimate of drug-likeness (QED) is 0.797. The summed E-state index contributed by atoms with van der Waals surface area (Å²) in [5.74, 6) is 0. The number of rotatable bonds is 3. The van der Waals surface area contributed by atoms with Crippen LogP contribution in [-0.2, 0) is 9.47 Å². The van der Waals surface area contributed by atoms with Gasteiger partial charge in [-0.05, 0) is 60.3 Å². The minimum Gasteiger partial charge on any atom is -0.373 e. The van der Waals surface area contributed by atoms with Gasteiger partial charge in [-0.25, -0.2) is 0 Å². The summed E-state index contributed by atoms with van der Waals surface area (Å²) in [6.07, 6.45) is 5.24. The number of likely N-dealkylation sites (tertiary alicyclic amines) is 1. The van der Waals surface area contributed by atoms with Crippen LogP contribution < -0.4 is 0 Å². The van der Waals surface area contributed by atoms with E-state index in [1.165, 1.54) is 38.8 Å². The van der Waals surface area contributed by atoms with Crippen molar-refractivity contribution in [2.45, 2.75) is 89.7 Å². The molecule has 1 saturated carbocycles. The first-order valence-electron chi connectivity index (χ1n) is 9.56. The van der Waals surface area contributed by atoms with Gasteiger partial charge >= 0.3 is 0 Å². The number of hydrogen-bond donors (Lipinski definition) is 0. The molecule has 0 aromatic carbocycles. The van der Waals surface area contributed by atoms with Gasteiger partial charge in [-0.1, -0.05) is 0 Å². The predicted molar refractivity (Wildman–Crippen MR) is 93.8 cm³/mol. The Morgan fingerprint density at radius 1 is 1.09 bits per heavy atom. The lowest BCUT2D eigenvalue weighted by Gasteiger charge is -2.53. The fraction of sp³-hybridized carbons (Fsp3) is 1.00. The summed E-state index contributed by atoms with van der Waals surface area (Å²) in [7, 11) is 0. The largest absolute Gasteiger partial charge is 0.373 e. The predicted octanol–water partition coefficient (Wildman–Crippen LogP) is 2.91. The molecule has 0 unspecified atom stereocenters. The Bertz CT molecular complexity index is 391. The van der Waals surface area contributed by atoms with Gasteiger partial charge in [-0.3, -0.25) is 4.90 Å². The molecular weight excluding hydrogens is 288 g/mol. The highest BCUT2D eigenvalue weighted by Crippen LogP contribution is 2.37. The van der Waals surface area contributed by atoms with E-state index in [-0.39, 0.29) is 11.2 Å². The maximum Gasteiger partial charge on any atom is 0.0833 e. The molecule has 2 heterocycles. The highest BCUT2D eigenvalue weighted by atomic mass is 16.5. The molecule has 4 heteroatoms. The van der Waals surface area contributed by atoms with E-state index >= 15 is 0 Å². The third-order valence-corrected chi connectivity index (χ3v) is 5.82. The van der Waals surface area contributed by atoms with Crippen molar-refractivity contribution >= 4 is 0 Å². The van der Waals surface area contributed by atoms with Crippen molar-refractivity contribution in [1.82, 2.24) is 9.80 Å². The standard InChI is InChI=1S/C19H36N2O2/c1-15(2)20-8-6-19(7-9-20)14-21(10-11-22-19)16-12-17(13-16)23-18(3,4)5/h15-17H,6-14H2,1-5H3/t16-,17-. The van der Waals surface area contributed by atoms with E-state index in [0.29, 0.717) is 18.2 Å². The smallest absolute Gasteiger partial charge is 0.0833 e. The van der Waals surface area contributed by atoms with Gasteiger partial charge in [0.05, 0.1) is 23.9 Å². The Labute approximate surface area is 142 Å². The summed E-state index contributed by atoms with van der Waals surface area (Å²) in [6, 6.07) is 1.38. The minimum absolute atomic E-state index is 0.00839. The average Bonchev–Trinajstić information content (AvgIpc) is 2.42. The molecule has 2 saturated heterocycles. The monoisotopic (exact) mass is 324 g/mol. The fourth-order valence-electron chi connectivity index (χ4n) is 4.37. The van der Waals surface area contributed by atoms with Crippen molar-refractivity contribution in [1.29, 1.82) is 0 Å². The molecule has 0 bridgehead atoms. The second kappa shape index (κ2) is 6.62. The first-order chi connectivity index (χ1) is 10.8. The lowest BCUT2D eigenvalue weighted by atomic mass is 9.83. The summed E-state index contributed by atoms with van der Waals surface area (Å²) in [5, 5.41) is 0. The van der Waals surface area contributed by atoms with Crippen LogP contribution in [0.5, 0.6) is 0 Å². The first kappa shape index (κ1) is 17.7. The van der Waals surface area contributed by atoms with Crippen molar-refractivity contribution < 1.29 is 9.47 Å². The Morgan fingerprint density at radius 3 is 2.30 bits per heavy atom. The molecule has 0 atom stereocenters. The maximum atomic E-state index is 6.29. The summed E-state index contributed by atoms with van der Waals surface area (Å²) < 4.78 is 12.4. The van der Waals surface area contributed by atoms with Crippen molar-refractivity contribution in [2.75, 3.05) is 32.8 Å². The molecule has 2 aliphatic heterocycles. The molecule has 0 aromatic heterocycles. The Hall–Kier alpha value is -0.160. The zero-order chi connectivity index (χ0) is 16.7. The van der Waals surface area contributed by atoms with Crippen LogP contribution in [0.25, 0.3) is 0 Å². The molecule has 1 aliphatic carbocycles. The zero-order valence-corrected chi connectivity index (χ0v) is 15.8. The van der Waals surface area contributed by atoms with Gasteiger partial charge in [-0.2, -0.15) is 0 Å². The molecular formula is C19H36N2O2. The van der Waals surface area contributed by atoms with Crippen molar-refractivity contribution in [3.05, 3.63) is 0 Å². The fourth-order valence-corrected chi connectivity index (χ4v) is 4.37. The zero-order valence-electron chi connectivity index (χ0n) is 15.8. The van der Waals surface area contributed by atoms with Crippen LogP contribution >= 0.6 is 0 Å².